The zero-order valence-electron chi connectivity index (χ0n) is 14.2. The highest BCUT2D eigenvalue weighted by Crippen LogP contribution is 2.17. The lowest BCUT2D eigenvalue weighted by Crippen LogP contribution is -2.43. The van der Waals surface area contributed by atoms with E-state index >= 15 is 0 Å². The van der Waals surface area contributed by atoms with Crippen LogP contribution < -0.4 is 0 Å². The Kier molecular flexibility index (Phi) is 5.55. The molecular weight excluding hydrogens is 316 g/mol. The van der Waals surface area contributed by atoms with Crippen molar-refractivity contribution in [1.29, 1.82) is 0 Å². The zero-order valence-corrected chi connectivity index (χ0v) is 14.2. The van der Waals surface area contributed by atoms with Gasteiger partial charge in [-0.05, 0) is 33.8 Å². The Bertz CT molecular complexity index is 617. The molecule has 1 atom stereocenters. The van der Waals surface area contributed by atoms with E-state index in [-0.39, 0.29) is 17.7 Å². The van der Waals surface area contributed by atoms with Gasteiger partial charge in [-0.2, -0.15) is 10.1 Å². The van der Waals surface area contributed by atoms with Gasteiger partial charge in [0.25, 0.3) is 0 Å². The molecule has 0 aromatic carbocycles. The van der Waals surface area contributed by atoms with Gasteiger partial charge >= 0.3 is 12.0 Å². The van der Waals surface area contributed by atoms with E-state index < -0.39 is 11.0 Å². The summed E-state index contributed by atoms with van der Waals surface area (Å²) in [6.07, 6.45) is 0.453. The summed E-state index contributed by atoms with van der Waals surface area (Å²) < 4.78 is 10.3. The van der Waals surface area contributed by atoms with Crippen LogP contribution in [0.5, 0.6) is 0 Å². The second-order valence-corrected chi connectivity index (χ2v) is 6.15. The van der Waals surface area contributed by atoms with Crippen molar-refractivity contribution in [2.75, 3.05) is 13.1 Å². The van der Waals surface area contributed by atoms with Crippen LogP contribution in [-0.2, 0) is 4.74 Å². The fraction of sp³-hybridized carbons (Fsp3) is 0.600. The number of amides is 1. The van der Waals surface area contributed by atoms with E-state index in [4.69, 9.17) is 9.15 Å². The number of carbonyl (C=O) groups excluding carboxylic acids is 1. The second-order valence-electron chi connectivity index (χ2n) is 6.15. The van der Waals surface area contributed by atoms with Crippen LogP contribution >= 0.6 is 0 Å². The van der Waals surface area contributed by atoms with E-state index in [0.717, 1.165) is 0 Å². The third kappa shape index (κ3) is 4.31. The predicted molar refractivity (Wildman–Crippen MR) is 86.9 cm³/mol. The molecule has 1 aromatic heterocycles. The monoisotopic (exact) mass is 338 g/mol. The van der Waals surface area contributed by atoms with E-state index in [1.807, 2.05) is 0 Å². The number of furan rings is 1. The summed E-state index contributed by atoms with van der Waals surface area (Å²) in [6.45, 7) is 9.33. The topological polar surface area (TPSA) is 101 Å². The van der Waals surface area contributed by atoms with Gasteiger partial charge in [0, 0.05) is 18.6 Å². The second kappa shape index (κ2) is 7.43. The predicted octanol–water partition coefficient (Wildman–Crippen LogP) is 2.46. The molecular formula is C15H22N4O5. The molecule has 0 saturated carbocycles. The van der Waals surface area contributed by atoms with Gasteiger partial charge in [-0.25, -0.2) is 4.79 Å². The summed E-state index contributed by atoms with van der Waals surface area (Å²) in [4.78, 5) is 24.0. The summed E-state index contributed by atoms with van der Waals surface area (Å²) in [7, 11) is 0. The number of hydrazone groups is 1. The van der Waals surface area contributed by atoms with Crippen molar-refractivity contribution >= 4 is 18.2 Å². The molecule has 132 valence electrons. The summed E-state index contributed by atoms with van der Waals surface area (Å²) in [6, 6.07) is 3.32. The van der Waals surface area contributed by atoms with Gasteiger partial charge in [-0.1, -0.05) is 0 Å². The number of hydrogen-bond acceptors (Lipinski definition) is 7. The van der Waals surface area contributed by atoms with Crippen molar-refractivity contribution in [2.24, 2.45) is 5.10 Å². The fourth-order valence-electron chi connectivity index (χ4n) is 2.59. The first-order valence-corrected chi connectivity index (χ1v) is 7.80. The van der Waals surface area contributed by atoms with Crippen LogP contribution in [-0.4, -0.2) is 58.4 Å². The van der Waals surface area contributed by atoms with E-state index in [0.29, 0.717) is 25.2 Å². The number of hydrogen-bond donors (Lipinski definition) is 0. The molecule has 9 nitrogen and oxygen atoms in total. The number of cyclic esters (lactones) is 1. The van der Waals surface area contributed by atoms with Gasteiger partial charge in [0.05, 0.1) is 18.8 Å². The molecule has 1 aromatic rings. The molecule has 2 heterocycles. The Hall–Kier alpha value is -2.42. The Morgan fingerprint density at radius 1 is 1.42 bits per heavy atom. The van der Waals surface area contributed by atoms with Crippen LogP contribution in [0.15, 0.2) is 21.7 Å². The van der Waals surface area contributed by atoms with Crippen molar-refractivity contribution in [3.63, 3.8) is 0 Å². The third-order valence-corrected chi connectivity index (χ3v) is 3.71. The van der Waals surface area contributed by atoms with Gasteiger partial charge in [0.15, 0.2) is 5.76 Å². The SMILES string of the molecule is CC(C)N(CC1CN(/N=C/c2ccc([N+](=O)[O-])o2)C(=O)O1)C(C)C. The maximum absolute atomic E-state index is 11.9. The highest BCUT2D eigenvalue weighted by Gasteiger charge is 2.33. The fourth-order valence-corrected chi connectivity index (χ4v) is 2.59. The normalized spacial score (nSPS) is 18.4. The summed E-state index contributed by atoms with van der Waals surface area (Å²) >= 11 is 0. The first kappa shape index (κ1) is 17.9. The van der Waals surface area contributed by atoms with Crippen LogP contribution in [0.3, 0.4) is 0 Å². The lowest BCUT2D eigenvalue weighted by molar-refractivity contribution is -0.402. The van der Waals surface area contributed by atoms with Gasteiger partial charge in [0.1, 0.15) is 11.0 Å². The summed E-state index contributed by atoms with van der Waals surface area (Å²) in [5.74, 6) is -0.174. The molecule has 0 spiro atoms. The molecule has 1 fully saturated rings. The summed E-state index contributed by atoms with van der Waals surface area (Å²) in [5.41, 5.74) is 0. The lowest BCUT2D eigenvalue weighted by atomic mass is 10.2. The standard InChI is InChI=1S/C15H22N4O5/c1-10(2)17(11(3)4)8-13-9-18(15(20)24-13)16-7-12-5-6-14(23-12)19(21)22/h5-7,10-11,13H,8-9H2,1-4H3/b16-7+. The van der Waals surface area contributed by atoms with Crippen LogP contribution in [0.2, 0.25) is 0 Å². The molecule has 1 aliphatic rings. The Morgan fingerprint density at radius 2 is 2.08 bits per heavy atom. The van der Waals surface area contributed by atoms with Crippen LogP contribution in [0.1, 0.15) is 33.5 Å². The molecule has 24 heavy (non-hydrogen) atoms. The average Bonchev–Trinajstić information content (AvgIpc) is 3.08. The summed E-state index contributed by atoms with van der Waals surface area (Å²) in [5, 5.41) is 15.7. The van der Waals surface area contributed by atoms with Gasteiger partial charge < -0.3 is 9.15 Å². The molecule has 0 radical (unpaired) electrons. The molecule has 0 N–H and O–H groups in total. The molecule has 1 amide bonds. The maximum atomic E-state index is 11.9. The number of ether oxygens (including phenoxy) is 1. The number of rotatable bonds is 7. The first-order chi connectivity index (χ1) is 11.3. The highest BCUT2D eigenvalue weighted by molar-refractivity contribution is 5.78. The average molecular weight is 338 g/mol. The Morgan fingerprint density at radius 3 is 2.62 bits per heavy atom. The highest BCUT2D eigenvalue weighted by atomic mass is 16.6. The molecule has 9 heteroatoms. The van der Waals surface area contributed by atoms with Gasteiger partial charge in [-0.15, -0.1) is 0 Å². The molecule has 2 rings (SSSR count). The Balaban J connectivity index is 1.96. The van der Waals surface area contributed by atoms with Crippen molar-refractivity contribution in [3.05, 3.63) is 28.0 Å². The molecule has 0 bridgehead atoms. The van der Waals surface area contributed by atoms with Crippen LogP contribution in [0.25, 0.3) is 0 Å². The third-order valence-electron chi connectivity index (χ3n) is 3.71. The first-order valence-electron chi connectivity index (χ1n) is 7.80. The van der Waals surface area contributed by atoms with Crippen molar-refractivity contribution in [3.8, 4) is 0 Å². The quantitative estimate of drug-likeness (QED) is 0.430. The number of nitrogens with zero attached hydrogens (tertiary/aromatic N) is 4. The molecule has 0 aliphatic carbocycles. The Labute approximate surface area is 140 Å². The minimum atomic E-state index is -0.635. The molecule has 1 aliphatic heterocycles. The van der Waals surface area contributed by atoms with E-state index in [1.54, 1.807) is 0 Å². The van der Waals surface area contributed by atoms with Gasteiger partial charge in [-0.3, -0.25) is 15.0 Å². The minimum absolute atomic E-state index is 0.198. The lowest BCUT2D eigenvalue weighted by Gasteiger charge is -2.31. The van der Waals surface area contributed by atoms with E-state index in [2.05, 4.69) is 37.7 Å². The van der Waals surface area contributed by atoms with Gasteiger partial charge in [0.2, 0.25) is 0 Å². The maximum Gasteiger partial charge on any atom is 0.433 e. The van der Waals surface area contributed by atoms with Crippen LogP contribution in [0.4, 0.5) is 10.7 Å². The van der Waals surface area contributed by atoms with Crippen molar-refractivity contribution in [1.82, 2.24) is 9.91 Å². The van der Waals surface area contributed by atoms with Crippen molar-refractivity contribution in [2.45, 2.75) is 45.9 Å². The largest absolute Gasteiger partial charge is 0.441 e. The van der Waals surface area contributed by atoms with Crippen LogP contribution in [0, 0.1) is 10.1 Å². The molecule has 1 unspecified atom stereocenters. The van der Waals surface area contributed by atoms with E-state index in [9.17, 15) is 14.9 Å². The van der Waals surface area contributed by atoms with E-state index in [1.165, 1.54) is 23.4 Å². The zero-order chi connectivity index (χ0) is 17.9. The smallest absolute Gasteiger partial charge is 0.433 e. The molecule has 1 saturated heterocycles. The van der Waals surface area contributed by atoms with Crippen molar-refractivity contribution < 1.29 is 18.9 Å². The number of nitro groups is 1. The minimum Gasteiger partial charge on any atom is -0.441 e. The number of carbonyl (C=O) groups is 1.